The molecule has 0 aliphatic heterocycles. The fourth-order valence-electron chi connectivity index (χ4n) is 1.67. The molecule has 0 fully saturated rings. The highest BCUT2D eigenvalue weighted by molar-refractivity contribution is 7.11. The molecule has 5 heteroatoms. The number of esters is 1. The van der Waals surface area contributed by atoms with Crippen LogP contribution in [0.2, 0.25) is 0 Å². The van der Waals surface area contributed by atoms with Crippen molar-refractivity contribution in [2.24, 2.45) is 0 Å². The first-order valence-corrected chi connectivity index (χ1v) is 7.06. The van der Waals surface area contributed by atoms with Gasteiger partial charge in [-0.25, -0.2) is 4.79 Å². The molecule has 1 N–H and O–H groups in total. The van der Waals surface area contributed by atoms with Crippen LogP contribution in [0.5, 0.6) is 0 Å². The molecule has 4 nitrogen and oxygen atoms in total. The molecule has 0 atom stereocenters. The van der Waals surface area contributed by atoms with Crippen LogP contribution in [-0.4, -0.2) is 18.5 Å². The second-order valence-electron chi connectivity index (χ2n) is 4.32. The highest BCUT2D eigenvalue weighted by Gasteiger charge is 2.10. The highest BCUT2D eigenvalue weighted by atomic mass is 32.1. The van der Waals surface area contributed by atoms with Gasteiger partial charge in [0.2, 0.25) is 0 Å². The smallest absolute Gasteiger partial charge is 0.348 e. The summed E-state index contributed by atoms with van der Waals surface area (Å²) in [6.07, 6.45) is 0. The summed E-state index contributed by atoms with van der Waals surface area (Å²) in [6.45, 7) is 2.16. The summed E-state index contributed by atoms with van der Waals surface area (Å²) >= 11 is 1.29. The second-order valence-corrected chi connectivity index (χ2v) is 5.27. The molecule has 20 heavy (non-hydrogen) atoms. The molecular weight excluding hydrogens is 274 g/mol. The van der Waals surface area contributed by atoms with E-state index in [-0.39, 0.29) is 12.5 Å². The lowest BCUT2D eigenvalue weighted by atomic mass is 10.1. The summed E-state index contributed by atoms with van der Waals surface area (Å²) in [5, 5.41) is 4.50. The Labute approximate surface area is 121 Å². The number of benzene rings is 1. The van der Waals surface area contributed by atoms with Crippen LogP contribution in [0.25, 0.3) is 0 Å². The zero-order chi connectivity index (χ0) is 14.4. The van der Waals surface area contributed by atoms with Crippen LogP contribution in [0.4, 0.5) is 0 Å². The van der Waals surface area contributed by atoms with Crippen LogP contribution in [0.3, 0.4) is 0 Å². The first kappa shape index (κ1) is 14.3. The summed E-state index contributed by atoms with van der Waals surface area (Å²) in [5.74, 6) is -0.776. The van der Waals surface area contributed by atoms with Crippen LogP contribution >= 0.6 is 11.3 Å². The maximum Gasteiger partial charge on any atom is 0.348 e. The predicted molar refractivity (Wildman–Crippen MR) is 77.6 cm³/mol. The minimum absolute atomic E-state index is 0.261. The molecule has 1 amide bonds. The molecule has 1 aromatic carbocycles. The van der Waals surface area contributed by atoms with Gasteiger partial charge in [-0.15, -0.1) is 11.3 Å². The van der Waals surface area contributed by atoms with Crippen molar-refractivity contribution in [3.63, 3.8) is 0 Å². The molecule has 0 saturated heterocycles. The maximum absolute atomic E-state index is 11.6. The largest absolute Gasteiger partial charge is 0.451 e. The van der Waals surface area contributed by atoms with Crippen molar-refractivity contribution >= 4 is 23.2 Å². The minimum atomic E-state index is -0.467. The number of thiophene rings is 1. The van der Waals surface area contributed by atoms with E-state index in [0.717, 1.165) is 11.1 Å². The molecule has 104 valence electrons. The van der Waals surface area contributed by atoms with Crippen molar-refractivity contribution in [3.05, 3.63) is 57.8 Å². The second kappa shape index (κ2) is 6.86. The van der Waals surface area contributed by atoms with Crippen LogP contribution in [0, 0.1) is 6.92 Å². The fourth-order valence-corrected chi connectivity index (χ4v) is 2.29. The van der Waals surface area contributed by atoms with Gasteiger partial charge in [-0.2, -0.15) is 0 Å². The van der Waals surface area contributed by atoms with E-state index in [4.69, 9.17) is 4.74 Å². The first-order valence-electron chi connectivity index (χ1n) is 6.18. The third-order valence-electron chi connectivity index (χ3n) is 2.63. The number of ether oxygens (including phenoxy) is 1. The molecule has 1 heterocycles. The van der Waals surface area contributed by atoms with Gasteiger partial charge in [0, 0.05) is 6.54 Å². The molecule has 1 aromatic heterocycles. The van der Waals surface area contributed by atoms with Gasteiger partial charge in [0.1, 0.15) is 4.88 Å². The average molecular weight is 289 g/mol. The SMILES string of the molecule is Cc1cccc(CNC(=O)COC(=O)c2cccs2)c1. The number of nitrogens with one attached hydrogen (secondary N) is 1. The molecule has 0 unspecified atom stereocenters. The Morgan fingerprint density at radius 3 is 2.80 bits per heavy atom. The number of hydrogen-bond donors (Lipinski definition) is 1. The molecule has 0 aliphatic rings. The Bertz CT molecular complexity index is 593. The third kappa shape index (κ3) is 4.20. The van der Waals surface area contributed by atoms with Crippen molar-refractivity contribution in [1.82, 2.24) is 5.32 Å². The van der Waals surface area contributed by atoms with E-state index in [1.165, 1.54) is 11.3 Å². The van der Waals surface area contributed by atoms with E-state index in [1.807, 2.05) is 31.2 Å². The van der Waals surface area contributed by atoms with E-state index >= 15 is 0 Å². The first-order chi connectivity index (χ1) is 9.65. The molecule has 0 bridgehead atoms. The standard InChI is InChI=1S/C15H15NO3S/c1-11-4-2-5-12(8-11)9-16-14(17)10-19-15(18)13-6-3-7-20-13/h2-8H,9-10H2,1H3,(H,16,17). The number of rotatable bonds is 5. The lowest BCUT2D eigenvalue weighted by Crippen LogP contribution is -2.28. The minimum Gasteiger partial charge on any atom is -0.451 e. The van der Waals surface area contributed by atoms with E-state index in [1.54, 1.807) is 17.5 Å². The lowest BCUT2D eigenvalue weighted by Gasteiger charge is -2.06. The predicted octanol–water partition coefficient (Wildman–Crippen LogP) is 2.53. The van der Waals surface area contributed by atoms with Gasteiger partial charge >= 0.3 is 5.97 Å². The number of carbonyl (C=O) groups is 2. The molecular formula is C15H15NO3S. The molecule has 0 saturated carbocycles. The summed E-state index contributed by atoms with van der Waals surface area (Å²) < 4.78 is 4.92. The van der Waals surface area contributed by atoms with E-state index < -0.39 is 5.97 Å². The van der Waals surface area contributed by atoms with E-state index in [2.05, 4.69) is 5.32 Å². The Morgan fingerprint density at radius 1 is 1.25 bits per heavy atom. The highest BCUT2D eigenvalue weighted by Crippen LogP contribution is 2.09. The Kier molecular flexibility index (Phi) is 4.90. The van der Waals surface area contributed by atoms with E-state index in [9.17, 15) is 9.59 Å². The monoisotopic (exact) mass is 289 g/mol. The van der Waals surface area contributed by atoms with Crippen molar-refractivity contribution < 1.29 is 14.3 Å². The van der Waals surface area contributed by atoms with Crippen LogP contribution in [0.1, 0.15) is 20.8 Å². The Hall–Kier alpha value is -2.14. The molecule has 0 radical (unpaired) electrons. The summed E-state index contributed by atoms with van der Waals surface area (Å²) in [6, 6.07) is 11.3. The molecule has 2 rings (SSSR count). The molecule has 2 aromatic rings. The number of hydrogen-bond acceptors (Lipinski definition) is 4. The number of carbonyl (C=O) groups excluding carboxylic acids is 2. The van der Waals surface area contributed by atoms with Gasteiger partial charge in [-0.05, 0) is 23.9 Å². The van der Waals surface area contributed by atoms with Crippen LogP contribution < -0.4 is 5.32 Å². The number of aryl methyl sites for hydroxylation is 1. The normalized spacial score (nSPS) is 10.1. The summed E-state index contributed by atoms with van der Waals surface area (Å²) in [4.78, 5) is 23.6. The zero-order valence-corrected chi connectivity index (χ0v) is 11.9. The van der Waals surface area contributed by atoms with Crippen molar-refractivity contribution in [2.45, 2.75) is 13.5 Å². The third-order valence-corrected chi connectivity index (χ3v) is 3.48. The molecule has 0 spiro atoms. The van der Waals surface area contributed by atoms with Gasteiger partial charge in [0.25, 0.3) is 5.91 Å². The average Bonchev–Trinajstić information content (AvgIpc) is 2.97. The summed E-state index contributed by atoms with van der Waals surface area (Å²) in [7, 11) is 0. The van der Waals surface area contributed by atoms with Crippen LogP contribution in [0.15, 0.2) is 41.8 Å². The zero-order valence-electron chi connectivity index (χ0n) is 11.1. The fraction of sp³-hybridized carbons (Fsp3) is 0.200. The van der Waals surface area contributed by atoms with Crippen LogP contribution in [-0.2, 0) is 16.1 Å². The van der Waals surface area contributed by atoms with E-state index in [0.29, 0.717) is 11.4 Å². The maximum atomic E-state index is 11.6. The quantitative estimate of drug-likeness (QED) is 0.861. The van der Waals surface area contributed by atoms with Gasteiger partial charge in [0.15, 0.2) is 6.61 Å². The topological polar surface area (TPSA) is 55.4 Å². The van der Waals surface area contributed by atoms with Crippen molar-refractivity contribution in [1.29, 1.82) is 0 Å². The van der Waals surface area contributed by atoms with Gasteiger partial charge in [-0.3, -0.25) is 4.79 Å². The Balaban J connectivity index is 1.74. The van der Waals surface area contributed by atoms with Gasteiger partial charge in [-0.1, -0.05) is 35.9 Å². The number of amides is 1. The van der Waals surface area contributed by atoms with Crippen molar-refractivity contribution in [2.75, 3.05) is 6.61 Å². The van der Waals surface area contributed by atoms with Gasteiger partial charge < -0.3 is 10.1 Å². The van der Waals surface area contributed by atoms with Gasteiger partial charge in [0.05, 0.1) is 0 Å². The summed E-state index contributed by atoms with van der Waals surface area (Å²) in [5.41, 5.74) is 2.16. The Morgan fingerprint density at radius 2 is 2.10 bits per heavy atom. The lowest BCUT2D eigenvalue weighted by molar-refractivity contribution is -0.124. The molecule has 0 aliphatic carbocycles. The van der Waals surface area contributed by atoms with Crippen molar-refractivity contribution in [3.8, 4) is 0 Å².